The first-order valence-corrected chi connectivity index (χ1v) is 6.37. The lowest BCUT2D eigenvalue weighted by Crippen LogP contribution is -2.35. The third-order valence-corrected chi connectivity index (χ3v) is 3.40. The summed E-state index contributed by atoms with van der Waals surface area (Å²) in [6.45, 7) is 2.09. The second-order valence-electron chi connectivity index (χ2n) is 4.59. The number of aromatic nitrogens is 2. The highest BCUT2D eigenvalue weighted by Gasteiger charge is 2.24. The summed E-state index contributed by atoms with van der Waals surface area (Å²) >= 11 is 0. The Balaban J connectivity index is 2.50. The largest absolute Gasteiger partial charge is 0.465 e. The number of ether oxygens (including phenoxy) is 1. The number of esters is 1. The number of aryl methyl sites for hydroxylation is 1. The van der Waals surface area contributed by atoms with E-state index in [2.05, 4.69) is 16.6 Å². The molecule has 0 fully saturated rings. The Morgan fingerprint density at radius 1 is 1.61 bits per heavy atom. The molecule has 2 rings (SSSR count). The Bertz CT molecular complexity index is 507. The standard InChI is InChI=1S/C13H18N2O3/c1-3-5-9-6-4-7-11-14-8-10(13(17)18-2)12(16)15(9)11/h8-9H,3-7H2,1-2H3. The van der Waals surface area contributed by atoms with Crippen LogP contribution in [-0.4, -0.2) is 22.6 Å². The molecule has 5 nitrogen and oxygen atoms in total. The van der Waals surface area contributed by atoms with Gasteiger partial charge in [-0.25, -0.2) is 9.78 Å². The van der Waals surface area contributed by atoms with Crippen LogP contribution in [0, 0.1) is 0 Å². The molecule has 1 aromatic rings. The van der Waals surface area contributed by atoms with Crippen LogP contribution >= 0.6 is 0 Å². The number of methoxy groups -OCH3 is 1. The zero-order valence-corrected chi connectivity index (χ0v) is 10.8. The van der Waals surface area contributed by atoms with Gasteiger partial charge in [-0.2, -0.15) is 0 Å². The molecule has 0 amide bonds. The summed E-state index contributed by atoms with van der Waals surface area (Å²) in [6.07, 6.45) is 6.13. The van der Waals surface area contributed by atoms with Crippen LogP contribution in [0.2, 0.25) is 0 Å². The van der Waals surface area contributed by atoms with Crippen LogP contribution in [0.4, 0.5) is 0 Å². The van der Waals surface area contributed by atoms with Gasteiger partial charge >= 0.3 is 5.97 Å². The van der Waals surface area contributed by atoms with Crippen molar-refractivity contribution in [1.29, 1.82) is 0 Å². The third kappa shape index (κ3) is 2.17. The molecule has 0 aromatic carbocycles. The number of rotatable bonds is 3. The molecule has 98 valence electrons. The lowest BCUT2D eigenvalue weighted by Gasteiger charge is -2.26. The van der Waals surface area contributed by atoms with E-state index in [1.54, 1.807) is 4.57 Å². The second-order valence-corrected chi connectivity index (χ2v) is 4.59. The van der Waals surface area contributed by atoms with Crippen LogP contribution in [0.3, 0.4) is 0 Å². The Labute approximate surface area is 106 Å². The fourth-order valence-corrected chi connectivity index (χ4v) is 2.55. The van der Waals surface area contributed by atoms with E-state index in [9.17, 15) is 9.59 Å². The van der Waals surface area contributed by atoms with E-state index in [1.807, 2.05) is 0 Å². The molecule has 5 heteroatoms. The minimum Gasteiger partial charge on any atom is -0.465 e. The van der Waals surface area contributed by atoms with Crippen LogP contribution in [-0.2, 0) is 11.2 Å². The molecular weight excluding hydrogens is 232 g/mol. The molecule has 1 aromatic heterocycles. The van der Waals surface area contributed by atoms with Crippen LogP contribution in [0.1, 0.15) is 54.8 Å². The maximum atomic E-state index is 12.3. The molecule has 2 heterocycles. The van der Waals surface area contributed by atoms with Crippen molar-refractivity contribution in [1.82, 2.24) is 9.55 Å². The van der Waals surface area contributed by atoms with Gasteiger partial charge in [0.05, 0.1) is 7.11 Å². The van der Waals surface area contributed by atoms with Gasteiger partial charge in [-0.1, -0.05) is 13.3 Å². The number of nitrogens with zero attached hydrogens (tertiary/aromatic N) is 2. The average molecular weight is 250 g/mol. The van der Waals surface area contributed by atoms with Gasteiger partial charge in [0.25, 0.3) is 5.56 Å². The molecule has 18 heavy (non-hydrogen) atoms. The van der Waals surface area contributed by atoms with Crippen molar-refractivity contribution in [2.24, 2.45) is 0 Å². The van der Waals surface area contributed by atoms with Crippen molar-refractivity contribution >= 4 is 5.97 Å². The van der Waals surface area contributed by atoms with Crippen LogP contribution < -0.4 is 5.56 Å². The van der Waals surface area contributed by atoms with Gasteiger partial charge in [0.2, 0.25) is 0 Å². The molecule has 1 aliphatic rings. The van der Waals surface area contributed by atoms with E-state index >= 15 is 0 Å². The van der Waals surface area contributed by atoms with Gasteiger partial charge in [-0.15, -0.1) is 0 Å². The molecule has 0 spiro atoms. The maximum absolute atomic E-state index is 12.3. The summed E-state index contributed by atoms with van der Waals surface area (Å²) in [6, 6.07) is 0.170. The van der Waals surface area contributed by atoms with Crippen molar-refractivity contribution in [3.05, 3.63) is 27.9 Å². The predicted molar refractivity (Wildman–Crippen MR) is 66.7 cm³/mol. The Hall–Kier alpha value is -1.65. The first-order valence-electron chi connectivity index (χ1n) is 6.37. The number of fused-ring (bicyclic) bond motifs is 1. The quantitative estimate of drug-likeness (QED) is 0.766. The normalized spacial score (nSPS) is 18.2. The minimum absolute atomic E-state index is 0.0317. The lowest BCUT2D eigenvalue weighted by atomic mass is 9.99. The highest BCUT2D eigenvalue weighted by atomic mass is 16.5. The molecule has 0 N–H and O–H groups in total. The van der Waals surface area contributed by atoms with Crippen LogP contribution in [0.25, 0.3) is 0 Å². The second kappa shape index (κ2) is 5.33. The average Bonchev–Trinajstić information content (AvgIpc) is 2.39. The lowest BCUT2D eigenvalue weighted by molar-refractivity contribution is 0.0596. The maximum Gasteiger partial charge on any atom is 0.345 e. The molecule has 0 aliphatic carbocycles. The van der Waals surface area contributed by atoms with Gasteiger partial charge in [-0.05, 0) is 19.3 Å². The first kappa shape index (κ1) is 12.8. The summed E-state index contributed by atoms with van der Waals surface area (Å²) in [7, 11) is 1.27. The van der Waals surface area contributed by atoms with Crippen molar-refractivity contribution < 1.29 is 9.53 Å². The zero-order chi connectivity index (χ0) is 13.1. The highest BCUT2D eigenvalue weighted by molar-refractivity contribution is 5.88. The smallest absolute Gasteiger partial charge is 0.345 e. The van der Waals surface area contributed by atoms with E-state index in [-0.39, 0.29) is 17.2 Å². The minimum atomic E-state index is -0.608. The van der Waals surface area contributed by atoms with Crippen molar-refractivity contribution in [3.8, 4) is 0 Å². The highest BCUT2D eigenvalue weighted by Crippen LogP contribution is 2.25. The Morgan fingerprint density at radius 3 is 3.06 bits per heavy atom. The van der Waals surface area contributed by atoms with Crippen molar-refractivity contribution in [3.63, 3.8) is 0 Å². The molecule has 1 unspecified atom stereocenters. The van der Waals surface area contributed by atoms with Crippen molar-refractivity contribution in [2.75, 3.05) is 7.11 Å². The van der Waals surface area contributed by atoms with Gasteiger partial charge in [0, 0.05) is 18.7 Å². The molecule has 1 aliphatic heterocycles. The molecule has 0 saturated carbocycles. The van der Waals surface area contributed by atoms with Gasteiger partial charge in [0.15, 0.2) is 0 Å². The third-order valence-electron chi connectivity index (χ3n) is 3.40. The number of hydrogen-bond acceptors (Lipinski definition) is 4. The van der Waals surface area contributed by atoms with Crippen molar-refractivity contribution in [2.45, 2.75) is 45.1 Å². The topological polar surface area (TPSA) is 61.2 Å². The van der Waals surface area contributed by atoms with E-state index in [4.69, 9.17) is 0 Å². The summed E-state index contributed by atoms with van der Waals surface area (Å²) in [4.78, 5) is 28.1. The molecule has 0 saturated heterocycles. The predicted octanol–water partition coefficient (Wildman–Crippen LogP) is 1.71. The summed E-state index contributed by atoms with van der Waals surface area (Å²) in [5.74, 6) is 0.181. The first-order chi connectivity index (χ1) is 8.69. The van der Waals surface area contributed by atoms with Crippen LogP contribution in [0.5, 0.6) is 0 Å². The number of carbonyl (C=O) groups excluding carboxylic acids is 1. The van der Waals surface area contributed by atoms with E-state index in [1.165, 1.54) is 13.3 Å². The fourth-order valence-electron chi connectivity index (χ4n) is 2.55. The Kier molecular flexibility index (Phi) is 3.79. The van der Waals surface area contributed by atoms with Crippen LogP contribution in [0.15, 0.2) is 11.0 Å². The Morgan fingerprint density at radius 2 is 2.39 bits per heavy atom. The SMILES string of the molecule is CCCC1CCCc2ncc(C(=O)OC)c(=O)n21. The van der Waals surface area contributed by atoms with Gasteiger partial charge in [-0.3, -0.25) is 9.36 Å². The molecule has 1 atom stereocenters. The number of hydrogen-bond donors (Lipinski definition) is 0. The summed E-state index contributed by atoms with van der Waals surface area (Å²) in [5.41, 5.74) is -0.228. The van der Waals surface area contributed by atoms with Gasteiger partial charge in [0.1, 0.15) is 11.4 Å². The molecule has 0 bridgehead atoms. The van der Waals surface area contributed by atoms with E-state index in [0.717, 1.165) is 37.9 Å². The van der Waals surface area contributed by atoms with Gasteiger partial charge < -0.3 is 4.74 Å². The summed E-state index contributed by atoms with van der Waals surface area (Å²) < 4.78 is 6.30. The molecular formula is C13H18N2O3. The zero-order valence-electron chi connectivity index (χ0n) is 10.8. The number of carbonyl (C=O) groups is 1. The van der Waals surface area contributed by atoms with E-state index in [0.29, 0.717) is 0 Å². The van der Waals surface area contributed by atoms with E-state index < -0.39 is 5.97 Å². The summed E-state index contributed by atoms with van der Waals surface area (Å²) in [5, 5.41) is 0. The fraction of sp³-hybridized carbons (Fsp3) is 0.615. The molecule has 0 radical (unpaired) electrons. The monoisotopic (exact) mass is 250 g/mol.